The third-order valence-corrected chi connectivity index (χ3v) is 8.60. The van der Waals surface area contributed by atoms with Gasteiger partial charge in [-0.25, -0.2) is 9.59 Å². The van der Waals surface area contributed by atoms with Crippen LogP contribution >= 0.6 is 0 Å². The molecule has 0 spiro atoms. The Morgan fingerprint density at radius 1 is 0.556 bits per heavy atom. The van der Waals surface area contributed by atoms with Crippen LogP contribution in [0, 0.1) is 0 Å². The summed E-state index contributed by atoms with van der Waals surface area (Å²) in [6.07, 6.45) is 8.54. The molecule has 2 amide bonds. The van der Waals surface area contributed by atoms with Crippen molar-refractivity contribution >= 4 is 23.8 Å². The first-order valence-electron chi connectivity index (χ1n) is 15.9. The van der Waals surface area contributed by atoms with E-state index in [2.05, 4.69) is 10.6 Å². The number of hydrogen-bond acceptors (Lipinski definition) is 5. The molecule has 0 saturated heterocycles. The number of benzene rings is 3. The molecule has 2 saturated carbocycles. The summed E-state index contributed by atoms with van der Waals surface area (Å²) in [6, 6.07) is 28.6. The molecule has 0 aliphatic heterocycles. The molecule has 0 atom stereocenters. The maximum Gasteiger partial charge on any atom is 0.332 e. The summed E-state index contributed by atoms with van der Waals surface area (Å²) in [5, 5.41) is 15.1. The lowest BCUT2D eigenvalue weighted by Crippen LogP contribution is -2.56. The van der Waals surface area contributed by atoms with Crippen LogP contribution < -0.4 is 10.6 Å². The minimum absolute atomic E-state index is 0.130. The van der Waals surface area contributed by atoms with Crippen LogP contribution in [0.25, 0.3) is 0 Å². The highest BCUT2D eigenvalue weighted by Crippen LogP contribution is 2.30. The van der Waals surface area contributed by atoms with Gasteiger partial charge >= 0.3 is 11.9 Å². The monoisotopic (exact) mass is 612 g/mol. The molecule has 3 aromatic rings. The van der Waals surface area contributed by atoms with Gasteiger partial charge in [0.05, 0.1) is 12.8 Å². The third kappa shape index (κ3) is 10.0. The molecule has 0 radical (unpaired) electrons. The molecule has 0 bridgehead atoms. The number of carboxylic acid groups (broad SMARTS) is 1. The molecule has 0 aromatic heterocycles. The second kappa shape index (κ2) is 16.6. The molecular formula is C37H44N2O6. The summed E-state index contributed by atoms with van der Waals surface area (Å²) in [5.74, 6) is -1.57. The van der Waals surface area contributed by atoms with Crippen molar-refractivity contribution in [2.45, 2.75) is 94.7 Å². The minimum Gasteiger partial charge on any atom is -0.480 e. The summed E-state index contributed by atoms with van der Waals surface area (Å²) < 4.78 is 5.57. The van der Waals surface area contributed by atoms with Gasteiger partial charge in [-0.1, -0.05) is 130 Å². The smallest absolute Gasteiger partial charge is 0.332 e. The van der Waals surface area contributed by atoms with Crippen LogP contribution in [0.5, 0.6) is 0 Å². The van der Waals surface area contributed by atoms with Crippen molar-refractivity contribution in [1.29, 1.82) is 0 Å². The van der Waals surface area contributed by atoms with Gasteiger partial charge in [-0.05, 0) is 42.4 Å². The van der Waals surface area contributed by atoms with Crippen LogP contribution in [0.3, 0.4) is 0 Å². The van der Waals surface area contributed by atoms with E-state index in [1.807, 2.05) is 91.0 Å². The predicted octanol–water partition coefficient (Wildman–Crippen LogP) is 5.92. The first-order valence-corrected chi connectivity index (χ1v) is 15.9. The fourth-order valence-corrected chi connectivity index (χ4v) is 6.13. The zero-order valence-corrected chi connectivity index (χ0v) is 25.8. The second-order valence-corrected chi connectivity index (χ2v) is 12.1. The number of carbonyl (C=O) groups is 4. The normalized spacial score (nSPS) is 16.6. The number of hydrogen-bond donors (Lipinski definition) is 3. The van der Waals surface area contributed by atoms with Gasteiger partial charge < -0.3 is 20.5 Å². The lowest BCUT2D eigenvalue weighted by Gasteiger charge is -2.35. The summed E-state index contributed by atoms with van der Waals surface area (Å²) >= 11 is 0. The van der Waals surface area contributed by atoms with Crippen LogP contribution in [0.4, 0.5) is 0 Å². The van der Waals surface area contributed by atoms with Gasteiger partial charge in [-0.3, -0.25) is 9.59 Å². The second-order valence-electron chi connectivity index (χ2n) is 12.1. The molecule has 3 aromatic carbocycles. The van der Waals surface area contributed by atoms with Gasteiger partial charge in [0.2, 0.25) is 11.8 Å². The van der Waals surface area contributed by atoms with Crippen LogP contribution in [-0.2, 0) is 43.4 Å². The molecule has 238 valence electrons. The highest BCUT2D eigenvalue weighted by Gasteiger charge is 2.42. The molecule has 0 unspecified atom stereocenters. The number of rotatable bonds is 10. The number of carboxylic acids is 1. The molecule has 0 heterocycles. The summed E-state index contributed by atoms with van der Waals surface area (Å²) in [4.78, 5) is 48.9. The fraction of sp³-hybridized carbons (Fsp3) is 0.405. The SMILES string of the molecule is O=C(Cc1ccccc1)NC1(C(=O)O)CCCCC1.O=C(Cc1ccccc1)NC1(C(=O)OCc2ccccc2)CCCCC1. The number of aliphatic carboxylic acids is 1. The van der Waals surface area contributed by atoms with E-state index < -0.39 is 17.0 Å². The van der Waals surface area contributed by atoms with Gasteiger partial charge in [0.25, 0.3) is 0 Å². The lowest BCUT2D eigenvalue weighted by molar-refractivity contribution is -0.156. The van der Waals surface area contributed by atoms with Crippen molar-refractivity contribution in [1.82, 2.24) is 10.6 Å². The Morgan fingerprint density at radius 3 is 1.36 bits per heavy atom. The predicted molar refractivity (Wildman–Crippen MR) is 172 cm³/mol. The van der Waals surface area contributed by atoms with Crippen LogP contribution in [-0.4, -0.2) is 39.9 Å². The first kappa shape index (κ1) is 33.4. The van der Waals surface area contributed by atoms with E-state index in [-0.39, 0.29) is 37.2 Å². The Labute approximate surface area is 265 Å². The van der Waals surface area contributed by atoms with E-state index >= 15 is 0 Å². The summed E-state index contributed by atoms with van der Waals surface area (Å²) in [5.41, 5.74) is 0.843. The Balaban J connectivity index is 0.000000215. The maximum absolute atomic E-state index is 12.8. The zero-order chi connectivity index (χ0) is 32.0. The highest BCUT2D eigenvalue weighted by molar-refractivity contribution is 5.89. The largest absolute Gasteiger partial charge is 0.480 e. The number of nitrogens with one attached hydrogen (secondary N) is 2. The summed E-state index contributed by atoms with van der Waals surface area (Å²) in [6.45, 7) is 0.232. The average Bonchev–Trinajstić information content (AvgIpc) is 3.06. The van der Waals surface area contributed by atoms with Crippen molar-refractivity contribution in [2.24, 2.45) is 0 Å². The maximum atomic E-state index is 12.8. The van der Waals surface area contributed by atoms with Gasteiger partial charge in [0.1, 0.15) is 17.7 Å². The van der Waals surface area contributed by atoms with Crippen molar-refractivity contribution in [2.75, 3.05) is 0 Å². The van der Waals surface area contributed by atoms with E-state index in [1.54, 1.807) is 0 Å². The molecule has 3 N–H and O–H groups in total. The van der Waals surface area contributed by atoms with Crippen LogP contribution in [0.2, 0.25) is 0 Å². The molecule has 45 heavy (non-hydrogen) atoms. The van der Waals surface area contributed by atoms with Gasteiger partial charge in [-0.15, -0.1) is 0 Å². The van der Waals surface area contributed by atoms with E-state index in [0.717, 1.165) is 55.2 Å². The van der Waals surface area contributed by atoms with Crippen LogP contribution in [0.1, 0.15) is 80.9 Å². The standard InChI is InChI=1S/C22H25NO3.C15H19NO3/c24-20(16-18-10-4-1-5-11-18)23-22(14-8-3-9-15-22)21(25)26-17-19-12-6-2-7-13-19;17-13(11-12-7-3-1-4-8-12)16-15(14(18)19)9-5-2-6-10-15/h1-2,4-7,10-13H,3,8-9,14-17H2,(H,23,24);1,3-4,7-8H,2,5-6,9-11H2,(H,16,17)(H,18,19). The molecule has 8 heteroatoms. The minimum atomic E-state index is -1.05. The molecular weight excluding hydrogens is 568 g/mol. The summed E-state index contributed by atoms with van der Waals surface area (Å²) in [7, 11) is 0. The Hall–Kier alpha value is -4.46. The number of amides is 2. The zero-order valence-electron chi connectivity index (χ0n) is 25.8. The third-order valence-electron chi connectivity index (χ3n) is 8.60. The van der Waals surface area contributed by atoms with Crippen molar-refractivity contribution in [3.05, 3.63) is 108 Å². The quantitative estimate of drug-likeness (QED) is 0.244. The molecule has 2 aliphatic carbocycles. The fourth-order valence-electron chi connectivity index (χ4n) is 6.13. The molecule has 8 nitrogen and oxygen atoms in total. The van der Waals surface area contributed by atoms with Gasteiger partial charge in [0, 0.05) is 0 Å². The van der Waals surface area contributed by atoms with E-state index in [1.165, 1.54) is 0 Å². The van der Waals surface area contributed by atoms with Crippen molar-refractivity contribution in [3.63, 3.8) is 0 Å². The lowest BCUT2D eigenvalue weighted by atomic mass is 9.81. The van der Waals surface area contributed by atoms with Crippen LogP contribution in [0.15, 0.2) is 91.0 Å². The van der Waals surface area contributed by atoms with Gasteiger partial charge in [0.15, 0.2) is 0 Å². The highest BCUT2D eigenvalue weighted by atomic mass is 16.5. The van der Waals surface area contributed by atoms with Crippen molar-refractivity contribution < 1.29 is 29.0 Å². The Morgan fingerprint density at radius 2 is 0.933 bits per heavy atom. The Bertz CT molecular complexity index is 1380. The first-order chi connectivity index (χ1) is 21.8. The molecule has 2 fully saturated rings. The van der Waals surface area contributed by atoms with E-state index in [4.69, 9.17) is 4.74 Å². The van der Waals surface area contributed by atoms with Crippen molar-refractivity contribution in [3.8, 4) is 0 Å². The number of ether oxygens (including phenoxy) is 1. The van der Waals surface area contributed by atoms with Gasteiger partial charge in [-0.2, -0.15) is 0 Å². The topological polar surface area (TPSA) is 122 Å². The van der Waals surface area contributed by atoms with E-state index in [9.17, 15) is 24.3 Å². The number of carbonyl (C=O) groups excluding carboxylic acids is 3. The molecule has 2 aliphatic rings. The molecule has 5 rings (SSSR count). The average molecular weight is 613 g/mol. The Kier molecular flexibility index (Phi) is 12.3. The van der Waals surface area contributed by atoms with E-state index in [0.29, 0.717) is 25.7 Å². The number of esters is 1.